The third-order valence-corrected chi connectivity index (χ3v) is 4.93. The van der Waals surface area contributed by atoms with Crippen LogP contribution in [-0.4, -0.2) is 35.8 Å². The number of aryl methyl sites for hydroxylation is 1. The number of rotatable bonds is 3. The molecule has 1 aliphatic heterocycles. The maximum Gasteiger partial charge on any atom is 0.345 e. The Morgan fingerprint density at radius 1 is 1.44 bits per heavy atom. The van der Waals surface area contributed by atoms with Crippen molar-refractivity contribution >= 4 is 16.9 Å². The highest BCUT2D eigenvalue weighted by Gasteiger charge is 2.26. The van der Waals surface area contributed by atoms with Crippen LogP contribution in [0.25, 0.3) is 10.9 Å². The third-order valence-electron chi connectivity index (χ3n) is 4.93. The number of nitrogens with zero attached hydrogens (tertiary/aromatic N) is 3. The van der Waals surface area contributed by atoms with Crippen molar-refractivity contribution in [3.8, 4) is 6.07 Å². The Morgan fingerprint density at radius 2 is 2.16 bits per heavy atom. The molecule has 0 amide bonds. The number of benzene rings is 1. The van der Waals surface area contributed by atoms with Crippen LogP contribution >= 0.6 is 0 Å². The van der Waals surface area contributed by atoms with Crippen LogP contribution < -0.4 is 5.43 Å². The van der Waals surface area contributed by atoms with Crippen LogP contribution in [0.5, 0.6) is 0 Å². The minimum absolute atomic E-state index is 0.0330. The molecule has 0 aliphatic carbocycles. The zero-order chi connectivity index (χ0) is 18.3. The lowest BCUT2D eigenvalue weighted by molar-refractivity contribution is -0.00566. The van der Waals surface area contributed by atoms with Crippen molar-refractivity contribution in [2.75, 3.05) is 14.1 Å². The molecular weight excluding hydrogens is 318 g/mol. The average molecular weight is 339 g/mol. The van der Waals surface area contributed by atoms with Crippen molar-refractivity contribution < 1.29 is 9.53 Å². The predicted octanol–water partition coefficient (Wildman–Crippen LogP) is 2.44. The maximum absolute atomic E-state index is 12.9. The summed E-state index contributed by atoms with van der Waals surface area (Å²) in [6.45, 7) is 3.80. The molecule has 0 bridgehead atoms. The first-order valence-electron chi connectivity index (χ1n) is 8.33. The first-order chi connectivity index (χ1) is 11.8. The van der Waals surface area contributed by atoms with E-state index >= 15 is 0 Å². The summed E-state index contributed by atoms with van der Waals surface area (Å²) >= 11 is 0. The number of carbonyl (C=O) groups is 1. The van der Waals surface area contributed by atoms with E-state index in [1.54, 1.807) is 44.2 Å². The normalized spacial score (nSPS) is 17.4. The summed E-state index contributed by atoms with van der Waals surface area (Å²) < 4.78 is 7.31. The van der Waals surface area contributed by atoms with E-state index in [-0.39, 0.29) is 17.0 Å². The number of esters is 1. The number of aromatic nitrogens is 1. The first-order valence-corrected chi connectivity index (χ1v) is 8.33. The number of carbonyl (C=O) groups excluding carboxylic acids is 1. The molecule has 130 valence electrons. The largest absolute Gasteiger partial charge is 0.443 e. The number of hydrogen-bond acceptors (Lipinski definition) is 5. The molecule has 3 rings (SSSR count). The lowest BCUT2D eigenvalue weighted by Crippen LogP contribution is -2.32. The minimum Gasteiger partial charge on any atom is -0.443 e. The molecule has 2 atom stereocenters. The molecule has 2 heterocycles. The van der Waals surface area contributed by atoms with Gasteiger partial charge in [-0.05, 0) is 58.5 Å². The average Bonchev–Trinajstić information content (AvgIpc) is 2.58. The monoisotopic (exact) mass is 339 g/mol. The zero-order valence-corrected chi connectivity index (χ0v) is 14.9. The Hall–Kier alpha value is -2.65. The van der Waals surface area contributed by atoms with Crippen LogP contribution in [0.1, 0.15) is 47.8 Å². The molecule has 1 aliphatic rings. The highest BCUT2D eigenvalue weighted by atomic mass is 16.6. The summed E-state index contributed by atoms with van der Waals surface area (Å²) in [6, 6.07) is 5.64. The van der Waals surface area contributed by atoms with E-state index < -0.39 is 12.2 Å². The third kappa shape index (κ3) is 2.81. The van der Waals surface area contributed by atoms with Crippen LogP contribution in [0.2, 0.25) is 0 Å². The lowest BCUT2D eigenvalue weighted by Gasteiger charge is -2.27. The summed E-state index contributed by atoms with van der Waals surface area (Å²) in [5.74, 6) is -0.625. The maximum atomic E-state index is 12.9. The Morgan fingerprint density at radius 3 is 2.80 bits per heavy atom. The summed E-state index contributed by atoms with van der Waals surface area (Å²) in [7, 11) is 3.60. The van der Waals surface area contributed by atoms with E-state index in [0.717, 1.165) is 23.9 Å². The number of hydrogen-bond donors (Lipinski definition) is 0. The molecule has 0 saturated heterocycles. The Bertz CT molecular complexity index is 953. The molecular formula is C19H21N3O3. The first kappa shape index (κ1) is 17.2. The smallest absolute Gasteiger partial charge is 0.345 e. The molecule has 1 aromatic heterocycles. The fourth-order valence-corrected chi connectivity index (χ4v) is 3.19. The Labute approximate surface area is 146 Å². The van der Waals surface area contributed by atoms with Gasteiger partial charge in [0.15, 0.2) is 6.23 Å². The molecule has 0 N–H and O–H groups in total. The van der Waals surface area contributed by atoms with Crippen molar-refractivity contribution in [2.45, 2.75) is 39.0 Å². The van der Waals surface area contributed by atoms with Crippen LogP contribution in [0.4, 0.5) is 0 Å². The zero-order valence-electron chi connectivity index (χ0n) is 14.9. The predicted molar refractivity (Wildman–Crippen MR) is 94.5 cm³/mol. The van der Waals surface area contributed by atoms with E-state index in [1.165, 1.54) is 0 Å². The fourth-order valence-electron chi connectivity index (χ4n) is 3.19. The summed E-state index contributed by atoms with van der Waals surface area (Å²) in [4.78, 5) is 27.1. The molecule has 0 saturated carbocycles. The van der Waals surface area contributed by atoms with Crippen LogP contribution in [-0.2, 0) is 11.2 Å². The second-order valence-corrected chi connectivity index (χ2v) is 6.73. The van der Waals surface area contributed by atoms with E-state index in [4.69, 9.17) is 4.74 Å². The van der Waals surface area contributed by atoms with E-state index in [0.29, 0.717) is 10.9 Å². The van der Waals surface area contributed by atoms with Gasteiger partial charge in [0.2, 0.25) is 5.43 Å². The van der Waals surface area contributed by atoms with Gasteiger partial charge in [0.05, 0.1) is 17.1 Å². The molecule has 6 heteroatoms. The molecule has 2 unspecified atom stereocenters. The second kappa shape index (κ2) is 6.34. The molecule has 2 aromatic rings. The lowest BCUT2D eigenvalue weighted by atomic mass is 9.92. The van der Waals surface area contributed by atoms with Gasteiger partial charge in [-0.2, -0.15) is 5.26 Å². The van der Waals surface area contributed by atoms with Crippen LogP contribution in [0, 0.1) is 11.3 Å². The van der Waals surface area contributed by atoms with E-state index in [2.05, 4.69) is 6.07 Å². The van der Waals surface area contributed by atoms with Crippen molar-refractivity contribution in [3.63, 3.8) is 0 Å². The van der Waals surface area contributed by atoms with Crippen LogP contribution in [0.3, 0.4) is 0 Å². The topological polar surface area (TPSA) is 75.3 Å². The molecule has 0 spiro atoms. The molecule has 6 nitrogen and oxygen atoms in total. The van der Waals surface area contributed by atoms with Crippen LogP contribution in [0.15, 0.2) is 23.1 Å². The van der Waals surface area contributed by atoms with E-state index in [9.17, 15) is 14.9 Å². The number of ether oxygens (including phenoxy) is 1. The number of pyridine rings is 1. The molecule has 0 radical (unpaired) electrons. The Kier molecular flexibility index (Phi) is 4.36. The quantitative estimate of drug-likeness (QED) is 0.634. The highest BCUT2D eigenvalue weighted by molar-refractivity contribution is 5.95. The molecule has 0 fully saturated rings. The van der Waals surface area contributed by atoms with Crippen molar-refractivity contribution in [3.05, 3.63) is 45.2 Å². The standard InChI is InChI=1S/C19H21N3O3/c1-11-5-7-14-13(9-20)6-8-15-17(14)22(11)10-16(18(15)23)19(24)25-12(2)21(3)4/h6,8,10-12H,5,7H2,1-4H3. The highest BCUT2D eigenvalue weighted by Crippen LogP contribution is 2.32. The van der Waals surface area contributed by atoms with Gasteiger partial charge in [-0.1, -0.05) is 0 Å². The number of nitriles is 1. The van der Waals surface area contributed by atoms with Gasteiger partial charge < -0.3 is 9.30 Å². The van der Waals surface area contributed by atoms with Gasteiger partial charge in [0.1, 0.15) is 5.56 Å². The summed E-state index contributed by atoms with van der Waals surface area (Å²) in [5, 5.41) is 9.80. The van der Waals surface area contributed by atoms with E-state index in [1.807, 2.05) is 11.5 Å². The summed E-state index contributed by atoms with van der Waals surface area (Å²) in [5.41, 5.74) is 1.92. The van der Waals surface area contributed by atoms with Gasteiger partial charge in [0.25, 0.3) is 0 Å². The fraction of sp³-hybridized carbons (Fsp3) is 0.421. The van der Waals surface area contributed by atoms with Gasteiger partial charge in [-0.15, -0.1) is 0 Å². The SMILES string of the molecule is CC(OC(=O)c1cn2c3c(c(C#N)ccc3c1=O)CCC2C)N(C)C. The van der Waals surface area contributed by atoms with Gasteiger partial charge in [-0.3, -0.25) is 9.69 Å². The van der Waals surface area contributed by atoms with Crippen molar-refractivity contribution in [2.24, 2.45) is 0 Å². The van der Waals surface area contributed by atoms with Gasteiger partial charge in [-0.25, -0.2) is 4.79 Å². The van der Waals surface area contributed by atoms with Crippen molar-refractivity contribution in [1.29, 1.82) is 5.26 Å². The summed E-state index contributed by atoms with van der Waals surface area (Å²) in [6.07, 6.45) is 2.76. The Balaban J connectivity index is 2.22. The van der Waals surface area contributed by atoms with Gasteiger partial charge in [0, 0.05) is 17.6 Å². The second-order valence-electron chi connectivity index (χ2n) is 6.73. The van der Waals surface area contributed by atoms with Crippen molar-refractivity contribution in [1.82, 2.24) is 9.47 Å². The van der Waals surface area contributed by atoms with Gasteiger partial charge >= 0.3 is 5.97 Å². The minimum atomic E-state index is -0.625. The molecule has 1 aromatic carbocycles. The molecule has 25 heavy (non-hydrogen) atoms.